The molecule has 0 radical (unpaired) electrons. The van der Waals surface area contributed by atoms with Crippen molar-refractivity contribution in [2.75, 3.05) is 12.3 Å². The molecule has 1 aromatic rings. The zero-order chi connectivity index (χ0) is 14.3. The van der Waals surface area contributed by atoms with Crippen molar-refractivity contribution < 1.29 is 4.79 Å². The molecule has 2 N–H and O–H groups in total. The van der Waals surface area contributed by atoms with E-state index in [0.717, 1.165) is 34.8 Å². The van der Waals surface area contributed by atoms with Crippen LogP contribution in [0.3, 0.4) is 0 Å². The monoisotopic (exact) mass is 272 g/mol. The van der Waals surface area contributed by atoms with Crippen molar-refractivity contribution >= 4 is 11.6 Å². The molecule has 3 heteroatoms. The van der Waals surface area contributed by atoms with Crippen LogP contribution in [-0.2, 0) is 0 Å². The lowest BCUT2D eigenvalue weighted by atomic mass is 9.85. The van der Waals surface area contributed by atoms with Crippen molar-refractivity contribution in [2.45, 2.75) is 52.0 Å². The Hall–Kier alpha value is -1.51. The molecule has 1 aliphatic carbocycles. The molecule has 2 fully saturated rings. The number of nitrogen functional groups attached to an aromatic ring is 1. The summed E-state index contributed by atoms with van der Waals surface area (Å²) in [7, 11) is 0. The maximum Gasteiger partial charge on any atom is 0.254 e. The molecule has 1 heterocycles. The van der Waals surface area contributed by atoms with Gasteiger partial charge in [0.1, 0.15) is 0 Å². The number of hydrogen-bond donors (Lipinski definition) is 1. The summed E-state index contributed by atoms with van der Waals surface area (Å²) in [5.74, 6) is 0.916. The van der Waals surface area contributed by atoms with Crippen molar-refractivity contribution in [3.05, 3.63) is 28.8 Å². The van der Waals surface area contributed by atoms with Gasteiger partial charge >= 0.3 is 0 Å². The van der Waals surface area contributed by atoms with E-state index in [1.54, 1.807) is 0 Å². The summed E-state index contributed by atoms with van der Waals surface area (Å²) in [5, 5.41) is 0. The third-order valence-electron chi connectivity index (χ3n) is 5.11. The van der Waals surface area contributed by atoms with Crippen molar-refractivity contribution in [2.24, 2.45) is 5.92 Å². The molecular formula is C17H24N2O. The first-order valence-electron chi connectivity index (χ1n) is 7.75. The number of aryl methyl sites for hydroxylation is 2. The minimum Gasteiger partial charge on any atom is -0.398 e. The Balaban J connectivity index is 1.87. The molecule has 20 heavy (non-hydrogen) atoms. The lowest BCUT2D eigenvalue weighted by Crippen LogP contribution is -2.39. The van der Waals surface area contributed by atoms with Crippen LogP contribution in [0.5, 0.6) is 0 Å². The van der Waals surface area contributed by atoms with Crippen LogP contribution in [0.4, 0.5) is 5.69 Å². The number of benzene rings is 1. The molecular weight excluding hydrogens is 248 g/mol. The fraction of sp³-hybridized carbons (Fsp3) is 0.588. The fourth-order valence-electron chi connectivity index (χ4n) is 3.91. The average molecular weight is 272 g/mol. The molecule has 2 aliphatic rings. The first-order valence-corrected chi connectivity index (χ1v) is 7.75. The minimum absolute atomic E-state index is 0.184. The van der Waals surface area contributed by atoms with Gasteiger partial charge in [0.15, 0.2) is 0 Å². The van der Waals surface area contributed by atoms with E-state index in [9.17, 15) is 4.79 Å². The number of nitrogens with zero attached hydrogens (tertiary/aromatic N) is 1. The van der Waals surface area contributed by atoms with Crippen LogP contribution in [0.2, 0.25) is 0 Å². The van der Waals surface area contributed by atoms with Gasteiger partial charge in [0.05, 0.1) is 0 Å². The fourth-order valence-corrected chi connectivity index (χ4v) is 3.91. The highest BCUT2D eigenvalue weighted by atomic mass is 16.2. The number of fused-ring (bicyclic) bond motifs is 1. The van der Waals surface area contributed by atoms with E-state index < -0.39 is 0 Å². The van der Waals surface area contributed by atoms with Gasteiger partial charge in [-0.3, -0.25) is 4.79 Å². The highest BCUT2D eigenvalue weighted by molar-refractivity contribution is 5.97. The Bertz CT molecular complexity index is 538. The predicted octanol–water partition coefficient (Wildman–Crippen LogP) is 3.29. The van der Waals surface area contributed by atoms with Crippen molar-refractivity contribution in [3.8, 4) is 0 Å². The second kappa shape index (κ2) is 5.12. The van der Waals surface area contributed by atoms with E-state index in [2.05, 4.69) is 4.90 Å². The quantitative estimate of drug-likeness (QED) is 0.797. The van der Waals surface area contributed by atoms with E-state index in [1.165, 1.54) is 32.1 Å². The maximum absolute atomic E-state index is 12.9. The van der Waals surface area contributed by atoms with E-state index in [4.69, 9.17) is 5.73 Å². The van der Waals surface area contributed by atoms with Gasteiger partial charge in [-0.2, -0.15) is 0 Å². The van der Waals surface area contributed by atoms with E-state index in [-0.39, 0.29) is 5.91 Å². The largest absolute Gasteiger partial charge is 0.398 e. The average Bonchev–Trinajstić information content (AvgIpc) is 2.86. The number of hydrogen-bond acceptors (Lipinski definition) is 2. The van der Waals surface area contributed by atoms with Crippen LogP contribution >= 0.6 is 0 Å². The number of nitrogens with two attached hydrogens (primary N) is 1. The standard InChI is InChI=1S/C17H24N2O/c1-11-9-12(2)15(18)10-14(11)17(20)19-8-7-13-5-3-4-6-16(13)19/h9-10,13,16H,3-8,18H2,1-2H3. The van der Waals surface area contributed by atoms with E-state index in [0.29, 0.717) is 6.04 Å². The third kappa shape index (κ3) is 2.19. The van der Waals surface area contributed by atoms with Gasteiger partial charge in [0.25, 0.3) is 5.91 Å². The third-order valence-corrected chi connectivity index (χ3v) is 5.11. The molecule has 0 aromatic heterocycles. The van der Waals surface area contributed by atoms with Gasteiger partial charge in [-0.1, -0.05) is 18.9 Å². The summed E-state index contributed by atoms with van der Waals surface area (Å²) >= 11 is 0. The number of amides is 1. The Morgan fingerprint density at radius 2 is 1.90 bits per heavy atom. The molecule has 1 saturated heterocycles. The summed E-state index contributed by atoms with van der Waals surface area (Å²) in [6.45, 7) is 4.92. The first kappa shape index (κ1) is 13.5. The van der Waals surface area contributed by atoms with Gasteiger partial charge < -0.3 is 10.6 Å². The molecule has 2 atom stereocenters. The molecule has 3 rings (SSSR count). The van der Waals surface area contributed by atoms with Crippen LogP contribution in [0.15, 0.2) is 12.1 Å². The van der Waals surface area contributed by atoms with Crippen LogP contribution < -0.4 is 5.73 Å². The SMILES string of the molecule is Cc1cc(C)c(C(=O)N2CCC3CCCCC32)cc1N. The van der Waals surface area contributed by atoms with Gasteiger partial charge in [-0.15, -0.1) is 0 Å². The first-order chi connectivity index (χ1) is 9.58. The number of carbonyl (C=O) groups is 1. The predicted molar refractivity (Wildman–Crippen MR) is 81.7 cm³/mol. The molecule has 1 aliphatic heterocycles. The summed E-state index contributed by atoms with van der Waals surface area (Å²) in [6.07, 6.45) is 6.25. The molecule has 3 nitrogen and oxygen atoms in total. The Kier molecular flexibility index (Phi) is 3.45. The molecule has 108 valence electrons. The van der Waals surface area contributed by atoms with Gasteiger partial charge in [-0.25, -0.2) is 0 Å². The molecule has 1 amide bonds. The summed E-state index contributed by atoms with van der Waals surface area (Å²) in [4.78, 5) is 15.0. The van der Waals surface area contributed by atoms with Crippen LogP contribution in [-0.4, -0.2) is 23.4 Å². The highest BCUT2D eigenvalue weighted by Crippen LogP contribution is 2.37. The van der Waals surface area contributed by atoms with E-state index in [1.807, 2.05) is 26.0 Å². The van der Waals surface area contributed by atoms with Crippen LogP contribution in [0, 0.1) is 19.8 Å². The van der Waals surface area contributed by atoms with Crippen molar-refractivity contribution in [1.29, 1.82) is 0 Å². The Morgan fingerprint density at radius 1 is 1.15 bits per heavy atom. The Labute approximate surface area is 121 Å². The zero-order valence-corrected chi connectivity index (χ0v) is 12.5. The molecule has 0 spiro atoms. The lowest BCUT2D eigenvalue weighted by molar-refractivity contribution is 0.0689. The summed E-state index contributed by atoms with van der Waals surface area (Å²) in [5.41, 5.74) is 9.59. The van der Waals surface area contributed by atoms with Crippen molar-refractivity contribution in [3.63, 3.8) is 0 Å². The smallest absolute Gasteiger partial charge is 0.254 e. The van der Waals surface area contributed by atoms with Crippen LogP contribution in [0.25, 0.3) is 0 Å². The Morgan fingerprint density at radius 3 is 2.70 bits per heavy atom. The lowest BCUT2D eigenvalue weighted by Gasteiger charge is -2.32. The topological polar surface area (TPSA) is 46.3 Å². The molecule has 0 bridgehead atoms. The molecule has 1 aromatic carbocycles. The maximum atomic E-state index is 12.9. The number of carbonyl (C=O) groups excluding carboxylic acids is 1. The summed E-state index contributed by atoms with van der Waals surface area (Å²) in [6, 6.07) is 4.36. The second-order valence-corrected chi connectivity index (χ2v) is 6.42. The van der Waals surface area contributed by atoms with E-state index >= 15 is 0 Å². The molecule has 2 unspecified atom stereocenters. The summed E-state index contributed by atoms with van der Waals surface area (Å²) < 4.78 is 0. The van der Waals surface area contributed by atoms with Gasteiger partial charge in [0.2, 0.25) is 0 Å². The van der Waals surface area contributed by atoms with Crippen LogP contribution in [0.1, 0.15) is 53.6 Å². The van der Waals surface area contributed by atoms with Crippen molar-refractivity contribution in [1.82, 2.24) is 4.90 Å². The molecule has 1 saturated carbocycles. The number of likely N-dealkylation sites (tertiary alicyclic amines) is 1. The number of rotatable bonds is 1. The van der Waals surface area contributed by atoms with Gasteiger partial charge in [-0.05, 0) is 56.2 Å². The normalized spacial score (nSPS) is 25.6. The highest BCUT2D eigenvalue weighted by Gasteiger charge is 2.38. The van der Waals surface area contributed by atoms with Gasteiger partial charge in [0, 0.05) is 23.8 Å². The second-order valence-electron chi connectivity index (χ2n) is 6.42. The zero-order valence-electron chi connectivity index (χ0n) is 12.5. The minimum atomic E-state index is 0.184. The number of anilines is 1.